The zero-order valence-electron chi connectivity index (χ0n) is 12.3. The Morgan fingerprint density at radius 3 is 2.95 bits per heavy atom. The van der Waals surface area contributed by atoms with Crippen LogP contribution in [0.2, 0.25) is 0 Å². The van der Waals surface area contributed by atoms with E-state index in [0.717, 1.165) is 24.6 Å². The van der Waals surface area contributed by atoms with Crippen LogP contribution in [0.1, 0.15) is 36.9 Å². The number of rotatable bonds is 4. The van der Waals surface area contributed by atoms with Gasteiger partial charge in [-0.2, -0.15) is 0 Å². The van der Waals surface area contributed by atoms with Gasteiger partial charge in [0.2, 0.25) is 0 Å². The summed E-state index contributed by atoms with van der Waals surface area (Å²) in [5, 5.41) is 3.94. The molecule has 0 aromatic carbocycles. The predicted molar refractivity (Wildman–Crippen MR) is 84.1 cm³/mol. The fraction of sp³-hybridized carbons (Fsp3) is 0.571. The number of thiazole rings is 1. The molecule has 110 valence electrons. The van der Waals surface area contributed by atoms with Gasteiger partial charge in [-0.1, -0.05) is 36.8 Å². The lowest BCUT2D eigenvalue weighted by atomic mass is 10.1. The predicted octanol–water partition coefficient (Wildman–Crippen LogP) is 2.59. The zero-order chi connectivity index (χ0) is 14.7. The molecule has 1 aromatic rings. The molecule has 1 aromatic heterocycles. The van der Waals surface area contributed by atoms with E-state index in [2.05, 4.69) is 37.1 Å². The largest absolute Gasteiger partial charge is 0.382 e. The summed E-state index contributed by atoms with van der Waals surface area (Å²) in [6.45, 7) is 8.59. The molecule has 2 heterocycles. The summed E-state index contributed by atoms with van der Waals surface area (Å²) in [6, 6.07) is 0. The molecule has 0 bridgehead atoms. The van der Waals surface area contributed by atoms with Crippen LogP contribution >= 0.6 is 11.3 Å². The van der Waals surface area contributed by atoms with Crippen LogP contribution in [0.5, 0.6) is 0 Å². The Labute approximate surface area is 123 Å². The van der Waals surface area contributed by atoms with Gasteiger partial charge in [0.05, 0.1) is 0 Å². The summed E-state index contributed by atoms with van der Waals surface area (Å²) in [5.74, 6) is 0.841. The van der Waals surface area contributed by atoms with Crippen LogP contribution in [-0.4, -0.2) is 35.4 Å². The quantitative estimate of drug-likeness (QED) is 0.837. The van der Waals surface area contributed by atoms with Gasteiger partial charge in [0.15, 0.2) is 5.13 Å². The molecular formula is C14H22N4OS. The number of hydrogen-bond donors (Lipinski definition) is 2. The smallest absolute Gasteiger partial charge is 0.268 e. The Morgan fingerprint density at radius 2 is 2.35 bits per heavy atom. The second-order valence-corrected chi connectivity index (χ2v) is 6.56. The summed E-state index contributed by atoms with van der Waals surface area (Å²) < 4.78 is 0. The van der Waals surface area contributed by atoms with Gasteiger partial charge in [0.25, 0.3) is 5.91 Å². The lowest BCUT2D eigenvalue weighted by Gasteiger charge is -2.24. The van der Waals surface area contributed by atoms with Crippen LogP contribution in [0.15, 0.2) is 11.6 Å². The second kappa shape index (κ2) is 6.26. The molecule has 0 saturated carbocycles. The maximum Gasteiger partial charge on any atom is 0.268 e. The van der Waals surface area contributed by atoms with Crippen molar-refractivity contribution in [3.8, 4) is 0 Å². The molecule has 3 N–H and O–H groups in total. The Balaban J connectivity index is 2.06. The molecule has 1 amide bonds. The molecule has 1 aliphatic rings. The lowest BCUT2D eigenvalue weighted by Crippen LogP contribution is -2.34. The molecule has 1 aliphatic heterocycles. The number of amides is 1. The summed E-state index contributed by atoms with van der Waals surface area (Å²) in [6.07, 6.45) is 3.03. The second-order valence-electron chi connectivity index (χ2n) is 5.56. The normalized spacial score (nSPS) is 15.4. The average molecular weight is 294 g/mol. The highest BCUT2D eigenvalue weighted by atomic mass is 32.1. The third-order valence-corrected chi connectivity index (χ3v) is 4.25. The molecule has 5 nitrogen and oxygen atoms in total. The van der Waals surface area contributed by atoms with Gasteiger partial charge in [0.1, 0.15) is 10.7 Å². The van der Waals surface area contributed by atoms with Gasteiger partial charge in [-0.3, -0.25) is 4.79 Å². The first-order valence-corrected chi connectivity index (χ1v) is 7.74. The number of hydrogen-bond acceptors (Lipinski definition) is 5. The van der Waals surface area contributed by atoms with Crippen LogP contribution in [0, 0.1) is 5.92 Å². The average Bonchev–Trinajstić information content (AvgIpc) is 2.78. The Hall–Kier alpha value is -1.56. The highest BCUT2D eigenvalue weighted by Crippen LogP contribution is 2.27. The number of nitrogens with one attached hydrogen (secondary N) is 1. The Kier molecular flexibility index (Phi) is 4.65. The first kappa shape index (κ1) is 14.8. The molecule has 20 heavy (non-hydrogen) atoms. The molecule has 0 radical (unpaired) electrons. The van der Waals surface area contributed by atoms with Crippen LogP contribution in [0.3, 0.4) is 0 Å². The summed E-state index contributed by atoms with van der Waals surface area (Å²) >= 11 is 1.34. The van der Waals surface area contributed by atoms with Crippen molar-refractivity contribution >= 4 is 28.2 Å². The minimum Gasteiger partial charge on any atom is -0.382 e. The first-order valence-electron chi connectivity index (χ1n) is 6.92. The van der Waals surface area contributed by atoms with E-state index < -0.39 is 0 Å². The number of anilines is 2. The zero-order valence-corrected chi connectivity index (χ0v) is 13.1. The van der Waals surface area contributed by atoms with Crippen LogP contribution < -0.4 is 11.1 Å². The summed E-state index contributed by atoms with van der Waals surface area (Å²) in [5.41, 5.74) is 7.22. The van der Waals surface area contributed by atoms with Gasteiger partial charge >= 0.3 is 0 Å². The van der Waals surface area contributed by atoms with Gasteiger partial charge < -0.3 is 16.0 Å². The fourth-order valence-electron chi connectivity index (χ4n) is 1.95. The van der Waals surface area contributed by atoms with E-state index in [1.54, 1.807) is 0 Å². The highest BCUT2D eigenvalue weighted by Gasteiger charge is 2.23. The summed E-state index contributed by atoms with van der Waals surface area (Å²) in [7, 11) is 0. The minimum atomic E-state index is -0.0126. The molecule has 0 spiro atoms. The van der Waals surface area contributed by atoms with Crippen molar-refractivity contribution in [1.82, 2.24) is 9.88 Å². The number of nitrogen functional groups attached to an aromatic ring is 1. The van der Waals surface area contributed by atoms with E-state index in [9.17, 15) is 4.79 Å². The van der Waals surface area contributed by atoms with Crippen LogP contribution in [-0.2, 0) is 0 Å². The number of carbonyl (C=O) groups excluding carboxylic acids is 1. The number of nitrogens with zero attached hydrogens (tertiary/aromatic N) is 2. The number of carbonyl (C=O) groups is 1. The van der Waals surface area contributed by atoms with Gasteiger partial charge in [-0.25, -0.2) is 4.98 Å². The Morgan fingerprint density at radius 1 is 1.60 bits per heavy atom. The molecule has 2 rings (SSSR count). The third-order valence-electron chi connectivity index (χ3n) is 3.23. The lowest BCUT2D eigenvalue weighted by molar-refractivity contribution is 0.0774. The van der Waals surface area contributed by atoms with Crippen molar-refractivity contribution in [2.24, 2.45) is 5.92 Å². The van der Waals surface area contributed by atoms with Crippen molar-refractivity contribution in [3.05, 3.63) is 16.5 Å². The number of aromatic nitrogens is 1. The SMILES string of the molecule is CC1=CCN(C(=O)c2sc(NCC(C)C)nc2N)CC1. The topological polar surface area (TPSA) is 71.2 Å². The van der Waals surface area contributed by atoms with Crippen molar-refractivity contribution in [1.29, 1.82) is 0 Å². The first-order chi connectivity index (χ1) is 9.47. The molecular weight excluding hydrogens is 272 g/mol. The van der Waals surface area contributed by atoms with E-state index in [0.29, 0.717) is 23.2 Å². The van der Waals surface area contributed by atoms with E-state index in [1.807, 2.05) is 4.90 Å². The van der Waals surface area contributed by atoms with Gasteiger partial charge in [-0.15, -0.1) is 0 Å². The van der Waals surface area contributed by atoms with E-state index in [4.69, 9.17) is 5.73 Å². The summed E-state index contributed by atoms with van der Waals surface area (Å²) in [4.78, 5) is 19.0. The van der Waals surface area contributed by atoms with Crippen molar-refractivity contribution in [3.63, 3.8) is 0 Å². The van der Waals surface area contributed by atoms with E-state index in [-0.39, 0.29) is 5.91 Å². The maximum atomic E-state index is 12.4. The van der Waals surface area contributed by atoms with E-state index >= 15 is 0 Å². The van der Waals surface area contributed by atoms with Crippen LogP contribution in [0.4, 0.5) is 10.9 Å². The highest BCUT2D eigenvalue weighted by molar-refractivity contribution is 7.18. The standard InChI is InChI=1S/C14H22N4OS/c1-9(2)8-16-14-17-12(15)11(20-14)13(19)18-6-4-10(3)5-7-18/h4,9H,5-8,15H2,1-3H3,(H,16,17). The molecule has 0 aliphatic carbocycles. The molecule has 6 heteroatoms. The monoisotopic (exact) mass is 294 g/mol. The molecule has 0 fully saturated rings. The van der Waals surface area contributed by atoms with Crippen molar-refractivity contribution < 1.29 is 4.79 Å². The molecule has 0 unspecified atom stereocenters. The number of nitrogens with two attached hydrogens (primary N) is 1. The third kappa shape index (κ3) is 3.50. The fourth-order valence-corrected chi connectivity index (χ4v) is 2.81. The minimum absolute atomic E-state index is 0.0126. The molecule has 0 saturated heterocycles. The van der Waals surface area contributed by atoms with Crippen molar-refractivity contribution in [2.45, 2.75) is 27.2 Å². The maximum absolute atomic E-state index is 12.4. The van der Waals surface area contributed by atoms with Crippen molar-refractivity contribution in [2.75, 3.05) is 30.7 Å². The molecule has 0 atom stereocenters. The Bertz CT molecular complexity index is 521. The van der Waals surface area contributed by atoms with Gasteiger partial charge in [-0.05, 0) is 19.3 Å². The van der Waals surface area contributed by atoms with Crippen LogP contribution in [0.25, 0.3) is 0 Å². The van der Waals surface area contributed by atoms with Gasteiger partial charge in [0, 0.05) is 19.6 Å². The van der Waals surface area contributed by atoms with E-state index in [1.165, 1.54) is 16.9 Å².